The summed E-state index contributed by atoms with van der Waals surface area (Å²) < 4.78 is 10.8. The molecule has 0 bridgehead atoms. The van der Waals surface area contributed by atoms with E-state index in [4.69, 9.17) is 9.26 Å². The number of aliphatic imine (C=N–C) groups is 1. The van der Waals surface area contributed by atoms with Crippen molar-refractivity contribution in [1.29, 1.82) is 0 Å². The summed E-state index contributed by atoms with van der Waals surface area (Å²) in [5, 5.41) is 10.9. The molecule has 1 aliphatic rings. The van der Waals surface area contributed by atoms with Gasteiger partial charge in [0.15, 0.2) is 5.96 Å². The summed E-state index contributed by atoms with van der Waals surface area (Å²) in [6.45, 7) is 10.8. The Hall–Kier alpha value is -1.60. The van der Waals surface area contributed by atoms with Crippen LogP contribution in [-0.4, -0.2) is 62.5 Å². The summed E-state index contributed by atoms with van der Waals surface area (Å²) in [5.74, 6) is 1.79. The Balaban J connectivity index is 1.66. The number of nitrogens with one attached hydrogen (secondary N) is 2. The molecule has 7 nitrogen and oxygen atoms in total. The molecule has 1 saturated heterocycles. The van der Waals surface area contributed by atoms with Gasteiger partial charge in [0, 0.05) is 45.2 Å². The molecule has 0 atom stereocenters. The van der Waals surface area contributed by atoms with Crippen molar-refractivity contribution in [2.45, 2.75) is 46.1 Å². The Morgan fingerprint density at radius 1 is 1.16 bits per heavy atom. The van der Waals surface area contributed by atoms with Crippen LogP contribution in [0.3, 0.4) is 0 Å². The van der Waals surface area contributed by atoms with Crippen molar-refractivity contribution < 1.29 is 9.26 Å². The van der Waals surface area contributed by atoms with Gasteiger partial charge in [0.25, 0.3) is 0 Å². The third kappa shape index (κ3) is 6.32. The quantitative estimate of drug-likeness (QED) is 0.400. The second-order valence-corrected chi connectivity index (χ2v) is 6.25. The molecule has 0 unspecified atom stereocenters. The van der Waals surface area contributed by atoms with Gasteiger partial charge in [0.1, 0.15) is 5.76 Å². The zero-order valence-corrected chi connectivity index (χ0v) is 15.9. The second-order valence-electron chi connectivity index (χ2n) is 6.25. The van der Waals surface area contributed by atoms with Crippen molar-refractivity contribution in [1.82, 2.24) is 20.7 Å². The Kier molecular flexibility index (Phi) is 8.76. The highest BCUT2D eigenvalue weighted by Crippen LogP contribution is 2.15. The van der Waals surface area contributed by atoms with Crippen LogP contribution >= 0.6 is 0 Å². The third-order valence-electron chi connectivity index (χ3n) is 4.56. The molecule has 7 heteroatoms. The highest BCUT2D eigenvalue weighted by Gasteiger charge is 2.13. The molecule has 2 rings (SSSR count). The summed E-state index contributed by atoms with van der Waals surface area (Å²) in [4.78, 5) is 6.78. The van der Waals surface area contributed by atoms with E-state index in [1.807, 2.05) is 0 Å². The van der Waals surface area contributed by atoms with E-state index >= 15 is 0 Å². The van der Waals surface area contributed by atoms with Crippen molar-refractivity contribution in [3.63, 3.8) is 0 Å². The van der Waals surface area contributed by atoms with Gasteiger partial charge >= 0.3 is 0 Å². The van der Waals surface area contributed by atoms with E-state index in [2.05, 4.69) is 39.5 Å². The number of rotatable bonds is 9. The summed E-state index contributed by atoms with van der Waals surface area (Å²) in [7, 11) is 1.80. The minimum atomic E-state index is 0.698. The number of morpholine rings is 1. The van der Waals surface area contributed by atoms with E-state index in [9.17, 15) is 0 Å². The van der Waals surface area contributed by atoms with Crippen LogP contribution in [0.5, 0.6) is 0 Å². The molecule has 0 aliphatic carbocycles. The van der Waals surface area contributed by atoms with Gasteiger partial charge in [-0.15, -0.1) is 0 Å². The highest BCUT2D eigenvalue weighted by atomic mass is 16.5. The molecule has 1 aliphatic heterocycles. The fourth-order valence-electron chi connectivity index (χ4n) is 3.02. The van der Waals surface area contributed by atoms with Crippen LogP contribution in [0.15, 0.2) is 9.52 Å². The molecular formula is C18H33N5O2. The normalized spacial score (nSPS) is 16.2. The largest absolute Gasteiger partial charge is 0.379 e. The molecule has 1 aromatic heterocycles. The number of aryl methyl sites for hydroxylation is 2. The van der Waals surface area contributed by atoms with E-state index in [0.717, 1.165) is 76.1 Å². The van der Waals surface area contributed by atoms with E-state index in [-0.39, 0.29) is 0 Å². The summed E-state index contributed by atoms with van der Waals surface area (Å²) in [5.41, 5.74) is 2.20. The standard InChI is InChI=1S/C18H33N5O2/c1-4-16-15(17(5-2)25-22-16)14-21-18(19-3)20-8-6-7-9-23-10-12-24-13-11-23/h4-14H2,1-3H3,(H2,19,20,21). The molecule has 0 aromatic carbocycles. The van der Waals surface area contributed by atoms with Crippen molar-refractivity contribution in [3.8, 4) is 0 Å². The Morgan fingerprint density at radius 3 is 2.64 bits per heavy atom. The van der Waals surface area contributed by atoms with Gasteiger partial charge in [0.05, 0.1) is 18.9 Å². The van der Waals surface area contributed by atoms with Gasteiger partial charge in [-0.3, -0.25) is 9.89 Å². The molecule has 2 N–H and O–H groups in total. The van der Waals surface area contributed by atoms with Crippen molar-refractivity contribution >= 4 is 5.96 Å². The topological polar surface area (TPSA) is 74.9 Å². The zero-order chi connectivity index (χ0) is 17.9. The minimum Gasteiger partial charge on any atom is -0.379 e. The molecule has 0 amide bonds. The Morgan fingerprint density at radius 2 is 1.96 bits per heavy atom. The number of unbranched alkanes of at least 4 members (excludes halogenated alkanes) is 1. The van der Waals surface area contributed by atoms with E-state index in [1.165, 1.54) is 12.0 Å². The van der Waals surface area contributed by atoms with Gasteiger partial charge in [-0.05, 0) is 25.8 Å². The monoisotopic (exact) mass is 351 g/mol. The van der Waals surface area contributed by atoms with Crippen LogP contribution in [0.1, 0.15) is 43.7 Å². The van der Waals surface area contributed by atoms with Gasteiger partial charge < -0.3 is 19.9 Å². The third-order valence-corrected chi connectivity index (χ3v) is 4.56. The van der Waals surface area contributed by atoms with Crippen LogP contribution in [0.4, 0.5) is 0 Å². The molecule has 25 heavy (non-hydrogen) atoms. The predicted octanol–water partition coefficient (Wildman–Crippen LogP) is 1.58. The first-order valence-corrected chi connectivity index (χ1v) is 9.49. The average Bonchev–Trinajstić information content (AvgIpc) is 3.06. The maximum Gasteiger partial charge on any atom is 0.191 e. The van der Waals surface area contributed by atoms with Gasteiger partial charge in [-0.25, -0.2) is 0 Å². The van der Waals surface area contributed by atoms with E-state index in [0.29, 0.717) is 6.54 Å². The smallest absolute Gasteiger partial charge is 0.191 e. The average molecular weight is 351 g/mol. The first-order chi connectivity index (χ1) is 12.3. The van der Waals surface area contributed by atoms with Crippen LogP contribution in [-0.2, 0) is 24.1 Å². The van der Waals surface area contributed by atoms with Gasteiger partial charge in [0.2, 0.25) is 0 Å². The summed E-state index contributed by atoms with van der Waals surface area (Å²) >= 11 is 0. The molecule has 0 spiro atoms. The molecule has 1 aromatic rings. The van der Waals surface area contributed by atoms with Crippen LogP contribution in [0.2, 0.25) is 0 Å². The zero-order valence-electron chi connectivity index (χ0n) is 15.9. The molecule has 142 valence electrons. The van der Waals surface area contributed by atoms with Crippen LogP contribution in [0, 0.1) is 0 Å². The van der Waals surface area contributed by atoms with Crippen molar-refractivity contribution in [2.75, 3.05) is 46.4 Å². The van der Waals surface area contributed by atoms with E-state index in [1.54, 1.807) is 7.05 Å². The van der Waals surface area contributed by atoms with E-state index < -0.39 is 0 Å². The lowest BCUT2D eigenvalue weighted by atomic mass is 10.1. The van der Waals surface area contributed by atoms with Gasteiger partial charge in [-0.2, -0.15) is 0 Å². The lowest BCUT2D eigenvalue weighted by Gasteiger charge is -2.26. The second kappa shape index (κ2) is 11.1. The molecular weight excluding hydrogens is 318 g/mol. The fraction of sp³-hybridized carbons (Fsp3) is 0.778. The molecule has 1 fully saturated rings. The number of aromatic nitrogens is 1. The number of hydrogen-bond donors (Lipinski definition) is 2. The number of hydrogen-bond acceptors (Lipinski definition) is 5. The number of nitrogens with zero attached hydrogens (tertiary/aromatic N) is 3. The minimum absolute atomic E-state index is 0.698. The van der Waals surface area contributed by atoms with Crippen LogP contribution in [0.25, 0.3) is 0 Å². The lowest BCUT2D eigenvalue weighted by molar-refractivity contribution is 0.0372. The SMILES string of the molecule is CCc1noc(CC)c1CNC(=NC)NCCCCN1CCOCC1. The molecule has 0 saturated carbocycles. The maximum atomic E-state index is 5.41. The Labute approximate surface area is 151 Å². The van der Waals surface area contributed by atoms with Crippen LogP contribution < -0.4 is 10.6 Å². The molecule has 0 radical (unpaired) electrons. The number of guanidine groups is 1. The summed E-state index contributed by atoms with van der Waals surface area (Å²) in [6.07, 6.45) is 4.06. The first kappa shape index (κ1) is 19.7. The first-order valence-electron chi connectivity index (χ1n) is 9.49. The molecule has 2 heterocycles. The number of ether oxygens (including phenoxy) is 1. The predicted molar refractivity (Wildman–Crippen MR) is 100.0 cm³/mol. The summed E-state index contributed by atoms with van der Waals surface area (Å²) in [6, 6.07) is 0. The Bertz CT molecular complexity index is 502. The van der Waals surface area contributed by atoms with Crippen molar-refractivity contribution in [2.24, 2.45) is 4.99 Å². The van der Waals surface area contributed by atoms with Gasteiger partial charge in [-0.1, -0.05) is 19.0 Å². The fourth-order valence-corrected chi connectivity index (χ4v) is 3.02. The lowest BCUT2D eigenvalue weighted by Crippen LogP contribution is -2.38. The maximum absolute atomic E-state index is 5.41. The van der Waals surface area contributed by atoms with Crippen molar-refractivity contribution in [3.05, 3.63) is 17.0 Å². The highest BCUT2D eigenvalue weighted by molar-refractivity contribution is 5.79.